The van der Waals surface area contributed by atoms with Crippen molar-refractivity contribution in [1.82, 2.24) is 0 Å². The summed E-state index contributed by atoms with van der Waals surface area (Å²) < 4.78 is 5.40. The topological polar surface area (TPSA) is 142 Å². The van der Waals surface area contributed by atoms with Crippen LogP contribution in [0.15, 0.2) is 72.8 Å². The molecule has 1 fully saturated rings. The lowest BCUT2D eigenvalue weighted by Gasteiger charge is -2.16. The standard InChI is InChI=1S/C35H44N2O7/c1-3-4-7-10-28(39)19-22-31-30(32(40)23-33(31)41)11-8-5-6-9-12-34(42)44-29-20-17-27(18-21-29)37-35(43)25-13-15-26(16-14-25)36-24(2)38/h5,8,13-22,28,30-31,33,39,41H,3-4,6-7,9-12,23H2,1-2H3,(H,36,38)(H,37,43)/b8-5-,22-19+/t28-,30+,31+,33+/m0/s1. The summed E-state index contributed by atoms with van der Waals surface area (Å²) in [6.07, 6.45) is 11.9. The van der Waals surface area contributed by atoms with Crippen LogP contribution in [-0.2, 0) is 14.4 Å². The van der Waals surface area contributed by atoms with Gasteiger partial charge in [0.2, 0.25) is 5.91 Å². The molecule has 236 valence electrons. The summed E-state index contributed by atoms with van der Waals surface area (Å²) in [6.45, 7) is 3.52. The quantitative estimate of drug-likeness (QED) is 0.0799. The Labute approximate surface area is 259 Å². The Morgan fingerprint density at radius 2 is 1.66 bits per heavy atom. The molecule has 44 heavy (non-hydrogen) atoms. The van der Waals surface area contributed by atoms with Crippen LogP contribution in [0, 0.1) is 11.8 Å². The van der Waals surface area contributed by atoms with Crippen molar-refractivity contribution in [1.29, 1.82) is 0 Å². The zero-order valence-electron chi connectivity index (χ0n) is 25.5. The summed E-state index contributed by atoms with van der Waals surface area (Å²) in [5, 5.41) is 25.9. The van der Waals surface area contributed by atoms with Gasteiger partial charge in [0.15, 0.2) is 0 Å². The van der Waals surface area contributed by atoms with Gasteiger partial charge in [-0.05, 0) is 74.2 Å². The summed E-state index contributed by atoms with van der Waals surface area (Å²) in [5.41, 5.74) is 1.57. The number of anilines is 2. The molecule has 0 bridgehead atoms. The Kier molecular flexibility index (Phi) is 14.0. The van der Waals surface area contributed by atoms with Crippen LogP contribution in [0.1, 0.15) is 82.0 Å². The van der Waals surface area contributed by atoms with E-state index in [4.69, 9.17) is 4.74 Å². The molecule has 1 aliphatic rings. The second kappa shape index (κ2) is 17.9. The largest absolute Gasteiger partial charge is 0.427 e. The molecule has 2 aromatic rings. The third-order valence-corrected chi connectivity index (χ3v) is 7.51. The molecule has 0 aromatic heterocycles. The first kappa shape index (κ1) is 34.4. The highest BCUT2D eigenvalue weighted by atomic mass is 16.5. The van der Waals surface area contributed by atoms with Gasteiger partial charge in [0.05, 0.1) is 12.2 Å². The van der Waals surface area contributed by atoms with E-state index in [-0.39, 0.29) is 48.2 Å². The number of aliphatic hydroxyl groups excluding tert-OH is 2. The van der Waals surface area contributed by atoms with Gasteiger partial charge in [-0.1, -0.05) is 50.5 Å². The summed E-state index contributed by atoms with van der Waals surface area (Å²) in [4.78, 5) is 48.3. The maximum Gasteiger partial charge on any atom is 0.311 e. The minimum absolute atomic E-state index is 0.0313. The molecule has 2 amide bonds. The minimum atomic E-state index is -0.727. The molecule has 0 spiro atoms. The predicted octanol–water partition coefficient (Wildman–Crippen LogP) is 5.98. The molecule has 0 aliphatic heterocycles. The normalized spacial score (nSPS) is 18.9. The van der Waals surface area contributed by atoms with Gasteiger partial charge in [-0.3, -0.25) is 19.2 Å². The number of nitrogens with one attached hydrogen (secondary N) is 2. The van der Waals surface area contributed by atoms with Crippen LogP contribution < -0.4 is 15.4 Å². The summed E-state index contributed by atoms with van der Waals surface area (Å²) in [5.74, 6) is -1.08. The van der Waals surface area contributed by atoms with Gasteiger partial charge < -0.3 is 25.6 Å². The number of aliphatic hydroxyl groups is 2. The van der Waals surface area contributed by atoms with E-state index in [1.165, 1.54) is 6.92 Å². The van der Waals surface area contributed by atoms with Crippen molar-refractivity contribution >= 4 is 34.9 Å². The highest BCUT2D eigenvalue weighted by Crippen LogP contribution is 2.33. The number of ether oxygens (including phenoxy) is 1. The fourth-order valence-corrected chi connectivity index (χ4v) is 5.11. The predicted molar refractivity (Wildman–Crippen MR) is 170 cm³/mol. The van der Waals surface area contributed by atoms with Crippen molar-refractivity contribution < 1.29 is 34.1 Å². The van der Waals surface area contributed by atoms with E-state index in [9.17, 15) is 29.4 Å². The van der Waals surface area contributed by atoms with Gasteiger partial charge in [-0.25, -0.2) is 0 Å². The lowest BCUT2D eigenvalue weighted by atomic mass is 9.90. The maximum absolute atomic E-state index is 12.5. The van der Waals surface area contributed by atoms with Gasteiger partial charge in [0.25, 0.3) is 5.91 Å². The molecule has 0 radical (unpaired) electrons. The van der Waals surface area contributed by atoms with Crippen molar-refractivity contribution in [2.24, 2.45) is 11.8 Å². The molecule has 4 N–H and O–H groups in total. The first-order valence-corrected chi connectivity index (χ1v) is 15.4. The molecule has 4 atom stereocenters. The molecule has 1 saturated carbocycles. The summed E-state index contributed by atoms with van der Waals surface area (Å²) in [6, 6.07) is 13.0. The van der Waals surface area contributed by atoms with Gasteiger partial charge >= 0.3 is 5.97 Å². The van der Waals surface area contributed by atoms with Crippen LogP contribution in [0.4, 0.5) is 11.4 Å². The summed E-state index contributed by atoms with van der Waals surface area (Å²) in [7, 11) is 0. The third kappa shape index (κ3) is 11.5. The van der Waals surface area contributed by atoms with Gasteiger partial charge in [-0.2, -0.15) is 0 Å². The fraction of sp³-hybridized carbons (Fsp3) is 0.429. The number of unbranched alkanes of at least 4 members (excludes halogenated alkanes) is 3. The molecular formula is C35H44N2O7. The maximum atomic E-state index is 12.5. The number of esters is 1. The smallest absolute Gasteiger partial charge is 0.311 e. The number of amides is 2. The van der Waals surface area contributed by atoms with Crippen LogP contribution >= 0.6 is 0 Å². The first-order chi connectivity index (χ1) is 21.2. The third-order valence-electron chi connectivity index (χ3n) is 7.51. The van der Waals surface area contributed by atoms with Crippen LogP contribution in [0.2, 0.25) is 0 Å². The van der Waals surface area contributed by atoms with Crippen molar-refractivity contribution in [2.45, 2.75) is 83.8 Å². The highest BCUT2D eigenvalue weighted by Gasteiger charge is 2.39. The zero-order valence-corrected chi connectivity index (χ0v) is 25.5. The molecule has 9 nitrogen and oxygen atoms in total. The van der Waals surface area contributed by atoms with E-state index in [1.54, 1.807) is 60.7 Å². The van der Waals surface area contributed by atoms with E-state index >= 15 is 0 Å². The number of carbonyl (C=O) groups is 4. The Morgan fingerprint density at radius 1 is 0.977 bits per heavy atom. The van der Waals surface area contributed by atoms with Crippen molar-refractivity contribution in [3.63, 3.8) is 0 Å². The molecule has 0 heterocycles. The van der Waals surface area contributed by atoms with E-state index < -0.39 is 12.2 Å². The number of hydrogen-bond donors (Lipinski definition) is 4. The Hall–Kier alpha value is -4.08. The van der Waals surface area contributed by atoms with Crippen molar-refractivity contribution in [2.75, 3.05) is 10.6 Å². The Bertz CT molecular complexity index is 1300. The van der Waals surface area contributed by atoms with Gasteiger partial charge in [-0.15, -0.1) is 0 Å². The SMILES string of the molecule is CCCCC[C@H](O)/C=C/[C@H]1[C@H](O)CC(=O)[C@@H]1C/C=C\CCCC(=O)Oc1ccc(NC(=O)c2ccc(NC(C)=O)cc2)cc1. The number of allylic oxidation sites excluding steroid dienone is 2. The van der Waals surface area contributed by atoms with Crippen LogP contribution in [0.25, 0.3) is 0 Å². The van der Waals surface area contributed by atoms with Crippen LogP contribution in [-0.4, -0.2) is 46.0 Å². The zero-order chi connectivity index (χ0) is 31.9. The van der Waals surface area contributed by atoms with E-state index in [0.717, 1.165) is 19.3 Å². The van der Waals surface area contributed by atoms with E-state index in [1.807, 2.05) is 12.2 Å². The average Bonchev–Trinajstić information content (AvgIpc) is 3.26. The molecule has 9 heteroatoms. The van der Waals surface area contributed by atoms with Crippen molar-refractivity contribution in [3.05, 3.63) is 78.4 Å². The second-order valence-corrected chi connectivity index (χ2v) is 11.2. The molecule has 2 aromatic carbocycles. The lowest BCUT2D eigenvalue weighted by Crippen LogP contribution is -2.18. The molecule has 3 rings (SSSR count). The fourth-order valence-electron chi connectivity index (χ4n) is 5.11. The van der Waals surface area contributed by atoms with E-state index in [0.29, 0.717) is 48.4 Å². The number of carbonyl (C=O) groups excluding carboxylic acids is 4. The minimum Gasteiger partial charge on any atom is -0.427 e. The van der Waals surface area contributed by atoms with Crippen LogP contribution in [0.3, 0.4) is 0 Å². The number of Topliss-reactive ketones (excluding diaryl/α,β-unsaturated/α-hetero) is 1. The molecule has 0 unspecified atom stereocenters. The Balaban J connectivity index is 1.37. The lowest BCUT2D eigenvalue weighted by molar-refractivity contribution is -0.134. The number of rotatable bonds is 16. The molecule has 0 saturated heterocycles. The van der Waals surface area contributed by atoms with Crippen molar-refractivity contribution in [3.8, 4) is 5.75 Å². The summed E-state index contributed by atoms with van der Waals surface area (Å²) >= 11 is 0. The van der Waals surface area contributed by atoms with Gasteiger partial charge in [0, 0.05) is 48.5 Å². The Morgan fingerprint density at radius 3 is 2.34 bits per heavy atom. The average molecular weight is 605 g/mol. The van der Waals surface area contributed by atoms with Crippen LogP contribution in [0.5, 0.6) is 5.75 Å². The van der Waals surface area contributed by atoms with Gasteiger partial charge in [0.1, 0.15) is 11.5 Å². The highest BCUT2D eigenvalue weighted by molar-refractivity contribution is 6.04. The van der Waals surface area contributed by atoms with E-state index in [2.05, 4.69) is 17.6 Å². The number of ketones is 1. The second-order valence-electron chi connectivity index (χ2n) is 11.2. The first-order valence-electron chi connectivity index (χ1n) is 15.4. The molecular weight excluding hydrogens is 560 g/mol. The monoisotopic (exact) mass is 604 g/mol. The number of benzene rings is 2. The molecule has 1 aliphatic carbocycles. The number of hydrogen-bond acceptors (Lipinski definition) is 7.